The number of carbonyl (C=O) groups is 1. The molecule has 0 saturated carbocycles. The lowest BCUT2D eigenvalue weighted by Crippen LogP contribution is -2.29. The summed E-state index contributed by atoms with van der Waals surface area (Å²) in [4.78, 5) is 14.7. The number of thioether (sulfide) groups is 1. The molecule has 1 fully saturated rings. The van der Waals surface area contributed by atoms with Gasteiger partial charge >= 0.3 is 0 Å². The second-order valence-corrected chi connectivity index (χ2v) is 4.92. The van der Waals surface area contributed by atoms with E-state index in [1.807, 2.05) is 17.0 Å². The lowest BCUT2D eigenvalue weighted by molar-refractivity contribution is -0.127. The number of amides is 1. The lowest BCUT2D eigenvalue weighted by atomic mass is 10.3. The SMILES string of the molecule is O=C(CSc1ccc(O)cc1)N1CCCC1. The van der Waals surface area contributed by atoms with Crippen LogP contribution in [0.4, 0.5) is 0 Å². The molecule has 1 aliphatic rings. The molecule has 0 radical (unpaired) electrons. The molecule has 1 heterocycles. The molecule has 0 aliphatic carbocycles. The normalized spacial score (nSPS) is 15.4. The number of phenols is 1. The number of hydrogen-bond donors (Lipinski definition) is 1. The van der Waals surface area contributed by atoms with Crippen LogP contribution in [0.2, 0.25) is 0 Å². The molecule has 1 N–H and O–H groups in total. The van der Waals surface area contributed by atoms with Crippen LogP contribution in [0.25, 0.3) is 0 Å². The molecule has 2 rings (SSSR count). The molecule has 0 spiro atoms. The highest BCUT2D eigenvalue weighted by Gasteiger charge is 2.17. The van der Waals surface area contributed by atoms with Crippen molar-refractivity contribution >= 4 is 17.7 Å². The number of aromatic hydroxyl groups is 1. The zero-order valence-corrected chi connectivity index (χ0v) is 9.87. The fourth-order valence-electron chi connectivity index (χ4n) is 1.75. The molecule has 1 aromatic rings. The van der Waals surface area contributed by atoms with Gasteiger partial charge in [0.05, 0.1) is 5.75 Å². The molecular formula is C12H15NO2S. The van der Waals surface area contributed by atoms with Gasteiger partial charge in [0, 0.05) is 18.0 Å². The van der Waals surface area contributed by atoms with E-state index in [0.29, 0.717) is 5.75 Å². The van der Waals surface area contributed by atoms with Gasteiger partial charge in [-0.05, 0) is 37.1 Å². The lowest BCUT2D eigenvalue weighted by Gasteiger charge is -2.14. The second kappa shape index (κ2) is 5.25. The molecule has 1 saturated heterocycles. The Morgan fingerprint density at radius 2 is 1.88 bits per heavy atom. The van der Waals surface area contributed by atoms with Crippen LogP contribution in [0.3, 0.4) is 0 Å². The first-order valence-corrected chi connectivity index (χ1v) is 6.44. The Bertz CT molecular complexity index is 358. The maximum Gasteiger partial charge on any atom is 0.232 e. The average molecular weight is 237 g/mol. The quantitative estimate of drug-likeness (QED) is 0.818. The van der Waals surface area contributed by atoms with Crippen LogP contribution < -0.4 is 0 Å². The molecule has 0 atom stereocenters. The van der Waals surface area contributed by atoms with Crippen LogP contribution in [-0.2, 0) is 4.79 Å². The first-order valence-electron chi connectivity index (χ1n) is 5.45. The third-order valence-corrected chi connectivity index (χ3v) is 3.65. The van der Waals surface area contributed by atoms with Crippen molar-refractivity contribution in [1.82, 2.24) is 4.90 Å². The molecule has 0 unspecified atom stereocenters. The van der Waals surface area contributed by atoms with Crippen molar-refractivity contribution in [2.45, 2.75) is 17.7 Å². The van der Waals surface area contributed by atoms with Crippen molar-refractivity contribution in [3.63, 3.8) is 0 Å². The second-order valence-electron chi connectivity index (χ2n) is 3.87. The van der Waals surface area contributed by atoms with Crippen molar-refractivity contribution in [3.05, 3.63) is 24.3 Å². The number of carbonyl (C=O) groups excluding carboxylic acids is 1. The van der Waals surface area contributed by atoms with E-state index in [9.17, 15) is 4.79 Å². The first-order chi connectivity index (χ1) is 7.75. The molecule has 0 bridgehead atoms. The first kappa shape index (κ1) is 11.3. The number of likely N-dealkylation sites (tertiary alicyclic amines) is 1. The molecule has 16 heavy (non-hydrogen) atoms. The molecule has 0 aromatic heterocycles. The minimum Gasteiger partial charge on any atom is -0.508 e. The van der Waals surface area contributed by atoms with E-state index in [1.165, 1.54) is 11.8 Å². The summed E-state index contributed by atoms with van der Waals surface area (Å²) in [7, 11) is 0. The Morgan fingerprint density at radius 1 is 1.25 bits per heavy atom. The number of rotatable bonds is 3. The van der Waals surface area contributed by atoms with Gasteiger partial charge in [-0.15, -0.1) is 11.8 Å². The highest BCUT2D eigenvalue weighted by atomic mass is 32.2. The van der Waals surface area contributed by atoms with Crippen molar-refractivity contribution < 1.29 is 9.90 Å². The van der Waals surface area contributed by atoms with Gasteiger partial charge in [-0.2, -0.15) is 0 Å². The number of nitrogens with zero attached hydrogens (tertiary/aromatic N) is 1. The molecule has 1 aliphatic heterocycles. The molecular weight excluding hydrogens is 222 g/mol. The predicted molar refractivity (Wildman–Crippen MR) is 64.6 cm³/mol. The number of hydrogen-bond acceptors (Lipinski definition) is 3. The Hall–Kier alpha value is -1.16. The van der Waals surface area contributed by atoms with Gasteiger partial charge in [0.1, 0.15) is 5.75 Å². The van der Waals surface area contributed by atoms with E-state index in [1.54, 1.807) is 12.1 Å². The third kappa shape index (κ3) is 2.92. The summed E-state index contributed by atoms with van der Waals surface area (Å²) >= 11 is 1.52. The van der Waals surface area contributed by atoms with Gasteiger partial charge in [0.25, 0.3) is 0 Å². The summed E-state index contributed by atoms with van der Waals surface area (Å²) in [5.74, 6) is 0.968. The molecule has 3 nitrogen and oxygen atoms in total. The van der Waals surface area contributed by atoms with E-state index in [2.05, 4.69) is 0 Å². The fraction of sp³-hybridized carbons (Fsp3) is 0.417. The maximum absolute atomic E-state index is 11.7. The maximum atomic E-state index is 11.7. The summed E-state index contributed by atoms with van der Waals surface area (Å²) < 4.78 is 0. The zero-order valence-electron chi connectivity index (χ0n) is 9.06. The highest BCUT2D eigenvalue weighted by molar-refractivity contribution is 8.00. The van der Waals surface area contributed by atoms with Gasteiger partial charge in [0.2, 0.25) is 5.91 Å². The monoisotopic (exact) mass is 237 g/mol. The van der Waals surface area contributed by atoms with Crippen LogP contribution in [0, 0.1) is 0 Å². The van der Waals surface area contributed by atoms with Gasteiger partial charge in [0.15, 0.2) is 0 Å². The summed E-state index contributed by atoms with van der Waals surface area (Å²) in [6, 6.07) is 6.94. The van der Waals surface area contributed by atoms with E-state index >= 15 is 0 Å². The van der Waals surface area contributed by atoms with Crippen LogP contribution in [-0.4, -0.2) is 34.8 Å². The summed E-state index contributed by atoms with van der Waals surface area (Å²) in [6.07, 6.45) is 2.27. The van der Waals surface area contributed by atoms with Crippen molar-refractivity contribution in [1.29, 1.82) is 0 Å². The fourth-order valence-corrected chi connectivity index (χ4v) is 2.55. The summed E-state index contributed by atoms with van der Waals surface area (Å²) in [5.41, 5.74) is 0. The van der Waals surface area contributed by atoms with Crippen molar-refractivity contribution in [2.24, 2.45) is 0 Å². The van der Waals surface area contributed by atoms with Crippen molar-refractivity contribution in [3.8, 4) is 5.75 Å². The van der Waals surface area contributed by atoms with Crippen LogP contribution in [0.1, 0.15) is 12.8 Å². The van der Waals surface area contributed by atoms with Gasteiger partial charge in [-0.25, -0.2) is 0 Å². The van der Waals surface area contributed by atoms with Crippen LogP contribution >= 0.6 is 11.8 Å². The Labute approximate surface area is 99.5 Å². The summed E-state index contributed by atoms with van der Waals surface area (Å²) in [5, 5.41) is 9.12. The van der Waals surface area contributed by atoms with Gasteiger partial charge < -0.3 is 10.0 Å². The standard InChI is InChI=1S/C12H15NO2S/c14-10-3-5-11(6-4-10)16-9-12(15)13-7-1-2-8-13/h3-6,14H,1-2,7-9H2. The Morgan fingerprint density at radius 3 is 2.50 bits per heavy atom. The van der Waals surface area contributed by atoms with Gasteiger partial charge in [-0.3, -0.25) is 4.79 Å². The zero-order chi connectivity index (χ0) is 11.4. The molecule has 1 amide bonds. The molecule has 1 aromatic carbocycles. The topological polar surface area (TPSA) is 40.5 Å². The Kier molecular flexibility index (Phi) is 3.72. The van der Waals surface area contributed by atoms with E-state index in [4.69, 9.17) is 5.11 Å². The largest absolute Gasteiger partial charge is 0.508 e. The smallest absolute Gasteiger partial charge is 0.232 e. The minimum absolute atomic E-state index is 0.218. The van der Waals surface area contributed by atoms with E-state index in [-0.39, 0.29) is 11.7 Å². The average Bonchev–Trinajstić information content (AvgIpc) is 2.81. The van der Waals surface area contributed by atoms with Crippen LogP contribution in [0.15, 0.2) is 29.2 Å². The van der Waals surface area contributed by atoms with Gasteiger partial charge in [-0.1, -0.05) is 0 Å². The summed E-state index contributed by atoms with van der Waals surface area (Å²) in [6.45, 7) is 1.82. The minimum atomic E-state index is 0.218. The van der Waals surface area contributed by atoms with Crippen LogP contribution in [0.5, 0.6) is 5.75 Å². The third-order valence-electron chi connectivity index (χ3n) is 2.66. The van der Waals surface area contributed by atoms with Crippen molar-refractivity contribution in [2.75, 3.05) is 18.8 Å². The highest BCUT2D eigenvalue weighted by Crippen LogP contribution is 2.21. The molecule has 86 valence electrons. The predicted octanol–water partition coefficient (Wildman–Crippen LogP) is 2.11. The van der Waals surface area contributed by atoms with E-state index in [0.717, 1.165) is 30.8 Å². The Balaban J connectivity index is 1.82. The number of benzene rings is 1. The van der Waals surface area contributed by atoms with E-state index < -0.39 is 0 Å². The molecule has 4 heteroatoms. The number of phenolic OH excluding ortho intramolecular Hbond substituents is 1.